The minimum absolute atomic E-state index is 0.262. The molecule has 2 nitrogen and oxygen atoms in total. The Balaban J connectivity index is 2.30. The molecule has 13 heavy (non-hydrogen) atoms. The molecule has 1 atom stereocenters. The predicted molar refractivity (Wildman–Crippen MR) is 55.0 cm³/mol. The fraction of sp³-hybridized carbons (Fsp3) is 0.600. The van der Waals surface area contributed by atoms with Gasteiger partial charge in [0.1, 0.15) is 6.10 Å². The maximum absolute atomic E-state index is 9.84. The second kappa shape index (κ2) is 3.40. The predicted octanol–water partition coefficient (Wildman–Crippen LogP) is 1.93. The van der Waals surface area contributed by atoms with Crippen LogP contribution in [0.25, 0.3) is 0 Å². The summed E-state index contributed by atoms with van der Waals surface area (Å²) in [6.45, 7) is 7.06. The third-order valence-electron chi connectivity index (χ3n) is 2.54. The van der Waals surface area contributed by atoms with Crippen LogP contribution in [0.1, 0.15) is 28.3 Å². The number of hydrogen-bond acceptors (Lipinski definition) is 3. The zero-order valence-corrected chi connectivity index (χ0v) is 8.90. The summed E-state index contributed by atoms with van der Waals surface area (Å²) in [6, 6.07) is 2.20. The molecule has 0 bridgehead atoms. The van der Waals surface area contributed by atoms with Crippen LogP contribution in [0, 0.1) is 6.92 Å². The minimum Gasteiger partial charge on any atom is -0.386 e. The summed E-state index contributed by atoms with van der Waals surface area (Å²) >= 11 is 1.73. The lowest BCUT2D eigenvalue weighted by molar-refractivity contribution is 0.0993. The van der Waals surface area contributed by atoms with E-state index in [-0.39, 0.29) is 6.10 Å². The third-order valence-corrected chi connectivity index (χ3v) is 3.73. The third kappa shape index (κ3) is 1.64. The quantitative estimate of drug-likeness (QED) is 0.743. The lowest BCUT2D eigenvalue weighted by Crippen LogP contribution is -2.32. The number of aliphatic hydroxyl groups is 1. The van der Waals surface area contributed by atoms with Gasteiger partial charge in [0, 0.05) is 22.8 Å². The van der Waals surface area contributed by atoms with E-state index in [4.69, 9.17) is 0 Å². The number of aryl methyl sites for hydroxylation is 1. The molecule has 0 aromatic carbocycles. The van der Waals surface area contributed by atoms with E-state index < -0.39 is 0 Å². The van der Waals surface area contributed by atoms with E-state index >= 15 is 0 Å². The summed E-state index contributed by atoms with van der Waals surface area (Å²) in [7, 11) is 0. The molecule has 1 aliphatic heterocycles. The van der Waals surface area contributed by atoms with Gasteiger partial charge in [-0.1, -0.05) is 6.92 Å². The SMILES string of the molecule is CCN1Cc2cc(C)sc2C(O)C1. The molecule has 0 radical (unpaired) electrons. The van der Waals surface area contributed by atoms with Gasteiger partial charge in [0.15, 0.2) is 0 Å². The van der Waals surface area contributed by atoms with Gasteiger partial charge in [0.25, 0.3) is 0 Å². The highest BCUT2D eigenvalue weighted by Crippen LogP contribution is 2.33. The van der Waals surface area contributed by atoms with Crippen molar-refractivity contribution >= 4 is 11.3 Å². The maximum atomic E-state index is 9.84. The van der Waals surface area contributed by atoms with Crippen molar-refractivity contribution in [3.05, 3.63) is 21.4 Å². The van der Waals surface area contributed by atoms with E-state index in [2.05, 4.69) is 24.8 Å². The monoisotopic (exact) mass is 197 g/mol. The number of likely N-dealkylation sites (N-methyl/N-ethyl adjacent to an activating group) is 1. The Kier molecular flexibility index (Phi) is 2.41. The van der Waals surface area contributed by atoms with Gasteiger partial charge in [-0.25, -0.2) is 0 Å². The number of thiophene rings is 1. The Hall–Kier alpha value is -0.380. The zero-order valence-electron chi connectivity index (χ0n) is 8.08. The van der Waals surface area contributed by atoms with Crippen LogP contribution in [-0.4, -0.2) is 23.1 Å². The van der Waals surface area contributed by atoms with E-state index in [0.29, 0.717) is 0 Å². The van der Waals surface area contributed by atoms with Gasteiger partial charge in [-0.3, -0.25) is 4.90 Å². The van der Waals surface area contributed by atoms with Gasteiger partial charge < -0.3 is 5.11 Å². The normalized spacial score (nSPS) is 23.2. The average molecular weight is 197 g/mol. The van der Waals surface area contributed by atoms with Crippen LogP contribution in [0.2, 0.25) is 0 Å². The van der Waals surface area contributed by atoms with Crippen LogP contribution in [0.5, 0.6) is 0 Å². The summed E-state index contributed by atoms with van der Waals surface area (Å²) < 4.78 is 0. The summed E-state index contributed by atoms with van der Waals surface area (Å²) in [5, 5.41) is 9.84. The van der Waals surface area contributed by atoms with Crippen molar-refractivity contribution in [2.75, 3.05) is 13.1 Å². The number of aliphatic hydroxyl groups excluding tert-OH is 1. The fourth-order valence-electron chi connectivity index (χ4n) is 1.86. The summed E-state index contributed by atoms with van der Waals surface area (Å²) in [6.07, 6.45) is -0.262. The highest BCUT2D eigenvalue weighted by molar-refractivity contribution is 7.12. The second-order valence-corrected chi connectivity index (χ2v) is 4.88. The molecular weight excluding hydrogens is 182 g/mol. The van der Waals surface area contributed by atoms with Crippen LogP contribution < -0.4 is 0 Å². The molecule has 1 unspecified atom stereocenters. The average Bonchev–Trinajstić information content (AvgIpc) is 2.46. The molecule has 1 N–H and O–H groups in total. The van der Waals surface area contributed by atoms with E-state index in [1.807, 2.05) is 0 Å². The number of hydrogen-bond donors (Lipinski definition) is 1. The maximum Gasteiger partial charge on any atom is 0.101 e. The molecule has 72 valence electrons. The van der Waals surface area contributed by atoms with Crippen LogP contribution in [0.3, 0.4) is 0 Å². The Morgan fingerprint density at radius 2 is 2.46 bits per heavy atom. The van der Waals surface area contributed by atoms with E-state index in [9.17, 15) is 5.11 Å². The lowest BCUT2D eigenvalue weighted by atomic mass is 10.1. The van der Waals surface area contributed by atoms with Crippen molar-refractivity contribution in [2.24, 2.45) is 0 Å². The first-order chi connectivity index (χ1) is 6.20. The highest BCUT2D eigenvalue weighted by Gasteiger charge is 2.24. The van der Waals surface area contributed by atoms with E-state index in [1.54, 1.807) is 11.3 Å². The van der Waals surface area contributed by atoms with Crippen molar-refractivity contribution in [3.63, 3.8) is 0 Å². The summed E-state index contributed by atoms with van der Waals surface area (Å²) in [5.74, 6) is 0. The molecule has 0 spiro atoms. The minimum atomic E-state index is -0.262. The Bertz CT molecular complexity index is 308. The van der Waals surface area contributed by atoms with Crippen LogP contribution in [-0.2, 0) is 6.54 Å². The summed E-state index contributed by atoms with van der Waals surface area (Å²) in [4.78, 5) is 4.77. The molecular formula is C10H15NOS. The van der Waals surface area contributed by atoms with Crippen molar-refractivity contribution in [1.82, 2.24) is 4.90 Å². The summed E-state index contributed by atoms with van der Waals surface area (Å²) in [5.41, 5.74) is 1.32. The highest BCUT2D eigenvalue weighted by atomic mass is 32.1. The first-order valence-electron chi connectivity index (χ1n) is 4.70. The van der Waals surface area contributed by atoms with Crippen molar-refractivity contribution in [2.45, 2.75) is 26.5 Å². The number of rotatable bonds is 1. The smallest absolute Gasteiger partial charge is 0.101 e. The standard InChI is InChI=1S/C10H15NOS/c1-3-11-5-8-4-7(2)13-10(8)9(12)6-11/h4,9,12H,3,5-6H2,1-2H3. The Labute approximate surface area is 82.8 Å². The van der Waals surface area contributed by atoms with E-state index in [0.717, 1.165) is 19.6 Å². The lowest BCUT2D eigenvalue weighted by Gasteiger charge is -2.28. The van der Waals surface area contributed by atoms with Gasteiger partial charge in [0.05, 0.1) is 0 Å². The molecule has 0 fully saturated rings. The second-order valence-electron chi connectivity index (χ2n) is 3.59. The number of nitrogens with zero attached hydrogens (tertiary/aromatic N) is 1. The van der Waals surface area contributed by atoms with Crippen LogP contribution in [0.15, 0.2) is 6.07 Å². The molecule has 0 saturated heterocycles. The van der Waals surface area contributed by atoms with Gasteiger partial charge in [-0.05, 0) is 25.1 Å². The molecule has 1 aliphatic rings. The van der Waals surface area contributed by atoms with Crippen molar-refractivity contribution in [1.29, 1.82) is 0 Å². The first-order valence-corrected chi connectivity index (χ1v) is 5.52. The Morgan fingerprint density at radius 3 is 3.15 bits per heavy atom. The molecule has 2 rings (SSSR count). The van der Waals surface area contributed by atoms with Crippen molar-refractivity contribution < 1.29 is 5.11 Å². The molecule has 0 saturated carbocycles. The van der Waals surface area contributed by atoms with Gasteiger partial charge in [-0.15, -0.1) is 11.3 Å². The molecule has 1 aromatic heterocycles. The number of fused-ring (bicyclic) bond motifs is 1. The van der Waals surface area contributed by atoms with Crippen molar-refractivity contribution in [3.8, 4) is 0 Å². The molecule has 0 amide bonds. The molecule has 3 heteroatoms. The molecule has 0 aliphatic carbocycles. The van der Waals surface area contributed by atoms with Gasteiger partial charge >= 0.3 is 0 Å². The largest absolute Gasteiger partial charge is 0.386 e. The van der Waals surface area contributed by atoms with Crippen LogP contribution in [0.4, 0.5) is 0 Å². The van der Waals surface area contributed by atoms with Gasteiger partial charge in [-0.2, -0.15) is 0 Å². The van der Waals surface area contributed by atoms with Crippen LogP contribution >= 0.6 is 11.3 Å². The van der Waals surface area contributed by atoms with Gasteiger partial charge in [0.2, 0.25) is 0 Å². The molecule has 1 aromatic rings. The Morgan fingerprint density at radius 1 is 1.69 bits per heavy atom. The molecule has 2 heterocycles. The number of β-amino-alcohol motifs (C(OH)–C–C–N with tert-alkyl or cyclic N) is 1. The van der Waals surface area contributed by atoms with E-state index in [1.165, 1.54) is 15.3 Å². The fourth-order valence-corrected chi connectivity index (χ4v) is 2.88. The zero-order chi connectivity index (χ0) is 9.42. The first kappa shape index (κ1) is 9.19. The topological polar surface area (TPSA) is 23.5 Å².